The van der Waals surface area contributed by atoms with Crippen LogP contribution in [-0.4, -0.2) is 76.7 Å². The van der Waals surface area contributed by atoms with Crippen molar-refractivity contribution in [1.29, 1.82) is 5.26 Å². The van der Waals surface area contributed by atoms with Crippen molar-refractivity contribution >= 4 is 28.4 Å². The van der Waals surface area contributed by atoms with Gasteiger partial charge in [-0.1, -0.05) is 12.1 Å². The Morgan fingerprint density at radius 3 is 2.73 bits per heavy atom. The lowest BCUT2D eigenvalue weighted by atomic mass is 9.63. The molecule has 2 aliphatic heterocycles. The second-order valence-electron chi connectivity index (χ2n) is 14.7. The number of ether oxygens (including phenoxy) is 2. The van der Waals surface area contributed by atoms with E-state index in [-0.39, 0.29) is 17.6 Å². The number of likely N-dealkylation sites (N-methyl/N-ethyl adjacent to an activating group) is 1. The van der Waals surface area contributed by atoms with Crippen LogP contribution >= 0.6 is 11.3 Å². The van der Waals surface area contributed by atoms with Crippen LogP contribution in [0.4, 0.5) is 10.8 Å². The minimum Gasteiger partial charge on any atom is -0.473 e. The maximum absolute atomic E-state index is 10.1. The number of nitrogens with two attached hydrogens (primary N) is 4. The Kier molecular flexibility index (Phi) is 9.53. The number of nitrogen functional groups attached to an aromatic ring is 1. The highest BCUT2D eigenvalue weighted by Crippen LogP contribution is 2.55. The van der Waals surface area contributed by atoms with Gasteiger partial charge in [0.15, 0.2) is 23.1 Å². The molecule has 7 rings (SSSR count). The van der Waals surface area contributed by atoms with Crippen molar-refractivity contribution in [2.45, 2.75) is 82.8 Å². The molecular weight excluding hydrogens is 667 g/mol. The highest BCUT2D eigenvalue weighted by molar-refractivity contribution is 7.16. The lowest BCUT2D eigenvalue weighted by Crippen LogP contribution is -2.49. The van der Waals surface area contributed by atoms with Gasteiger partial charge in [-0.3, -0.25) is 4.90 Å². The highest BCUT2D eigenvalue weighted by atomic mass is 32.1. The van der Waals surface area contributed by atoms with Crippen molar-refractivity contribution in [3.05, 3.63) is 57.1 Å². The third kappa shape index (κ3) is 6.69. The minimum atomic E-state index is -0.458. The number of likely N-dealkylation sites (tertiary alicyclic amines) is 1. The Bertz CT molecular complexity index is 1920. The first-order valence-electron chi connectivity index (χ1n) is 17.6. The molecule has 0 aromatic carbocycles. The predicted octanol–water partition coefficient (Wildman–Crippen LogP) is 4.02. The van der Waals surface area contributed by atoms with E-state index < -0.39 is 5.41 Å². The molecule has 0 bridgehead atoms. The first kappa shape index (κ1) is 34.9. The van der Waals surface area contributed by atoms with Crippen LogP contribution in [0.5, 0.6) is 5.88 Å². The number of nitrogens with zero attached hydrogens (tertiary/aromatic N) is 7. The molecule has 3 atom stereocenters. The van der Waals surface area contributed by atoms with Crippen molar-refractivity contribution in [3.8, 4) is 23.5 Å². The molecule has 14 nitrogen and oxygen atoms in total. The summed E-state index contributed by atoms with van der Waals surface area (Å²) in [5.41, 5.74) is 22.1. The Morgan fingerprint density at radius 1 is 1.24 bits per heavy atom. The molecule has 0 amide bonds. The number of aromatic nitrogens is 3. The monoisotopic (exact) mass is 713 g/mol. The number of hydrazine groups is 1. The average Bonchev–Trinajstić information content (AvgIpc) is 3.81. The van der Waals surface area contributed by atoms with Crippen molar-refractivity contribution in [3.63, 3.8) is 0 Å². The van der Waals surface area contributed by atoms with Crippen LogP contribution < -0.4 is 27.8 Å². The van der Waals surface area contributed by atoms with Crippen molar-refractivity contribution in [2.24, 2.45) is 27.7 Å². The van der Waals surface area contributed by atoms with Gasteiger partial charge in [0.2, 0.25) is 5.88 Å². The number of allylic oxidation sites excluding steroid dienone is 1. The predicted molar refractivity (Wildman–Crippen MR) is 196 cm³/mol. The van der Waals surface area contributed by atoms with Crippen LogP contribution in [0.15, 0.2) is 39.3 Å². The van der Waals surface area contributed by atoms with Gasteiger partial charge in [0, 0.05) is 46.9 Å². The van der Waals surface area contributed by atoms with Crippen molar-refractivity contribution in [2.75, 3.05) is 39.1 Å². The summed E-state index contributed by atoms with van der Waals surface area (Å²) in [5.74, 6) is 8.07. The summed E-state index contributed by atoms with van der Waals surface area (Å²) in [6.45, 7) is 7.10. The number of hydrogen-bond acceptors (Lipinski definition) is 15. The number of hydrogen-bond donors (Lipinski definition) is 4. The number of nitriles is 1. The third-order valence-corrected chi connectivity index (χ3v) is 11.8. The molecule has 1 spiro atoms. The second kappa shape index (κ2) is 13.9. The smallest absolute Gasteiger partial charge is 0.219 e. The molecule has 0 radical (unpaired) electrons. The van der Waals surface area contributed by atoms with E-state index in [1.54, 1.807) is 24.6 Å². The van der Waals surface area contributed by atoms with Gasteiger partial charge in [-0.05, 0) is 83.5 Å². The Hall–Kier alpha value is -4.49. The standard InChI is InChI=1S/C36H47N11O3S/c1-21(26-8-6-14-46(26)3)49-29-15-28(42-13-10-24(38)25(39)17-47(41)18-35(2)19-48-20-35)43-34(44-29)31-22-7-4-11-36(32(22)50-45-31)12-5-9-27-30(36)23(16-37)33(40)51-27/h10,13,15,17,21,26H,4-9,11-12,14,18-20,38-41H2,1-3H3/b24-10?,25-17-,42-13?/t21-,26-,36-/m0/s1. The summed E-state index contributed by atoms with van der Waals surface area (Å²) < 4.78 is 18.0. The van der Waals surface area contributed by atoms with Crippen LogP contribution in [0, 0.1) is 16.7 Å². The molecule has 270 valence electrons. The van der Waals surface area contributed by atoms with Gasteiger partial charge < -0.3 is 36.2 Å². The number of aliphatic imine (C=N–C) groups is 1. The lowest BCUT2D eigenvalue weighted by Gasteiger charge is -2.40. The molecule has 51 heavy (non-hydrogen) atoms. The zero-order chi connectivity index (χ0) is 35.9. The van der Waals surface area contributed by atoms with E-state index in [0.717, 1.165) is 74.8 Å². The van der Waals surface area contributed by atoms with Gasteiger partial charge in [-0.25, -0.2) is 15.8 Å². The quantitative estimate of drug-likeness (QED) is 0.101. The number of thiophene rings is 1. The van der Waals surface area contributed by atoms with Gasteiger partial charge in [-0.2, -0.15) is 10.2 Å². The second-order valence-corrected chi connectivity index (χ2v) is 15.9. The van der Waals surface area contributed by atoms with Gasteiger partial charge in [0.1, 0.15) is 17.2 Å². The summed E-state index contributed by atoms with van der Waals surface area (Å²) in [6, 6.07) is 4.37. The molecule has 2 saturated heterocycles. The molecule has 8 N–H and O–H groups in total. The Labute approximate surface area is 302 Å². The Morgan fingerprint density at radius 2 is 2.02 bits per heavy atom. The molecule has 3 aromatic heterocycles. The molecule has 4 aliphatic rings. The van der Waals surface area contributed by atoms with E-state index in [0.29, 0.717) is 64.9 Å². The maximum atomic E-state index is 10.1. The van der Waals surface area contributed by atoms with Crippen LogP contribution in [0.2, 0.25) is 0 Å². The van der Waals surface area contributed by atoms with Crippen molar-refractivity contribution in [1.82, 2.24) is 25.0 Å². The van der Waals surface area contributed by atoms with Gasteiger partial charge in [-0.15, -0.1) is 11.3 Å². The van der Waals surface area contributed by atoms with Crippen LogP contribution in [0.3, 0.4) is 0 Å². The summed E-state index contributed by atoms with van der Waals surface area (Å²) in [4.78, 5) is 17.8. The zero-order valence-corrected chi connectivity index (χ0v) is 30.3. The van der Waals surface area contributed by atoms with Crippen LogP contribution in [0.1, 0.15) is 79.7 Å². The molecule has 3 aromatic rings. The first-order chi connectivity index (χ1) is 24.5. The molecule has 5 heterocycles. The average molecular weight is 714 g/mol. The molecule has 2 aliphatic carbocycles. The zero-order valence-electron chi connectivity index (χ0n) is 29.5. The largest absolute Gasteiger partial charge is 0.473 e. The number of rotatable bonds is 10. The lowest BCUT2D eigenvalue weighted by molar-refractivity contribution is -0.110. The normalized spacial score (nSPS) is 23.9. The fraction of sp³-hybridized carbons (Fsp3) is 0.528. The first-order valence-corrected chi connectivity index (χ1v) is 18.5. The number of aryl methyl sites for hydroxylation is 1. The molecule has 0 unspecified atom stereocenters. The van der Waals surface area contributed by atoms with E-state index in [1.807, 2.05) is 0 Å². The molecular formula is C36H47N11O3S. The van der Waals surface area contributed by atoms with E-state index in [2.05, 4.69) is 42.0 Å². The maximum Gasteiger partial charge on any atom is 0.219 e. The van der Waals surface area contributed by atoms with E-state index >= 15 is 0 Å². The molecule has 0 saturated carbocycles. The fourth-order valence-electron chi connectivity index (χ4n) is 8.23. The fourth-order valence-corrected chi connectivity index (χ4v) is 9.39. The third-order valence-electron chi connectivity index (χ3n) is 10.8. The molecule has 2 fully saturated rings. The van der Waals surface area contributed by atoms with Gasteiger partial charge >= 0.3 is 0 Å². The van der Waals surface area contributed by atoms with E-state index in [1.165, 1.54) is 21.2 Å². The van der Waals surface area contributed by atoms with E-state index in [9.17, 15) is 5.26 Å². The summed E-state index contributed by atoms with van der Waals surface area (Å²) in [7, 11) is 2.12. The van der Waals surface area contributed by atoms with Crippen LogP contribution in [-0.2, 0) is 23.0 Å². The van der Waals surface area contributed by atoms with Crippen molar-refractivity contribution < 1.29 is 14.0 Å². The topological polar surface area (TPSA) is 217 Å². The number of fused-ring (bicyclic) bond motifs is 4. The SMILES string of the molecule is C[C@H](Oc1cc(N=CC=C(N)/C(N)=C/N(N)CC2(C)COC2)nc(-c2noc3c2CCC[C@@]32CCCc3sc(N)c(C#N)c32)n1)[C@@H]1CCCN1C. The highest BCUT2D eigenvalue weighted by Gasteiger charge is 2.49. The summed E-state index contributed by atoms with van der Waals surface area (Å²) in [5, 5.41) is 16.8. The minimum absolute atomic E-state index is 0.0128. The van der Waals surface area contributed by atoms with E-state index in [4.69, 9.17) is 47.0 Å². The summed E-state index contributed by atoms with van der Waals surface area (Å²) in [6.07, 6.45) is 12.1. The van der Waals surface area contributed by atoms with Gasteiger partial charge in [0.25, 0.3) is 0 Å². The van der Waals surface area contributed by atoms with Crippen LogP contribution in [0.25, 0.3) is 11.5 Å². The summed E-state index contributed by atoms with van der Waals surface area (Å²) >= 11 is 1.52. The molecule has 15 heteroatoms. The van der Waals surface area contributed by atoms with Gasteiger partial charge in [0.05, 0.1) is 35.6 Å². The Balaban J connectivity index is 1.21. The number of anilines is 1.